The van der Waals surface area contributed by atoms with Gasteiger partial charge in [-0.25, -0.2) is 32.3 Å². The number of hydrogen-bond acceptors (Lipinski definition) is 10. The summed E-state index contributed by atoms with van der Waals surface area (Å²) in [5.74, 6) is -4.47. The molecule has 0 unspecified atom stereocenters. The van der Waals surface area contributed by atoms with Gasteiger partial charge in [0.2, 0.25) is 5.78 Å². The second-order valence-electron chi connectivity index (χ2n) is 15.7. The van der Waals surface area contributed by atoms with Crippen molar-refractivity contribution in [1.82, 2.24) is 13.9 Å². The minimum Gasteiger partial charge on any atom is -0.443 e. The van der Waals surface area contributed by atoms with Gasteiger partial charge in [-0.1, -0.05) is 0 Å². The number of aromatic nitrogens is 2. The van der Waals surface area contributed by atoms with Gasteiger partial charge in [-0.15, -0.1) is 0 Å². The fourth-order valence-corrected chi connectivity index (χ4v) is 7.07. The van der Waals surface area contributed by atoms with Crippen molar-refractivity contribution in [2.45, 2.75) is 104 Å². The Morgan fingerprint density at radius 3 is 2.13 bits per heavy atom. The number of carbonyl (C=O) groups excluding carboxylic acids is 3. The highest BCUT2D eigenvalue weighted by molar-refractivity contribution is 7.91. The second-order valence-corrected chi connectivity index (χ2v) is 17.5. The molecular weight excluding hydrogens is 708 g/mol. The number of carbonyl (C=O) groups is 3. The molecule has 1 atom stereocenters. The van der Waals surface area contributed by atoms with Crippen molar-refractivity contribution in [1.29, 1.82) is 0 Å². The predicted octanol–water partition coefficient (Wildman–Crippen LogP) is 5.66. The van der Waals surface area contributed by atoms with Crippen LogP contribution in [0.5, 0.6) is 0 Å². The smallest absolute Gasteiger partial charge is 0.443 e. The first-order chi connectivity index (χ1) is 23.7. The van der Waals surface area contributed by atoms with Gasteiger partial charge in [0.05, 0.1) is 22.3 Å². The minimum absolute atomic E-state index is 0.0463. The van der Waals surface area contributed by atoms with Gasteiger partial charge in [-0.2, -0.15) is 17.0 Å². The van der Waals surface area contributed by atoms with Gasteiger partial charge in [-0.05, 0) is 93.9 Å². The van der Waals surface area contributed by atoms with Crippen LogP contribution in [0, 0.1) is 11.6 Å². The zero-order valence-electron chi connectivity index (χ0n) is 30.7. The molecule has 3 aromatic rings. The molecule has 0 aliphatic carbocycles. The lowest BCUT2D eigenvalue weighted by molar-refractivity contribution is 0.00578. The average molecular weight is 751 g/mol. The molecule has 0 saturated carbocycles. The van der Waals surface area contributed by atoms with Gasteiger partial charge in [0.15, 0.2) is 5.82 Å². The van der Waals surface area contributed by atoms with Crippen molar-refractivity contribution in [3.05, 3.63) is 53.4 Å². The van der Waals surface area contributed by atoms with E-state index >= 15 is 8.78 Å². The molecule has 2 saturated heterocycles. The van der Waals surface area contributed by atoms with Gasteiger partial charge >= 0.3 is 29.5 Å². The maximum atomic E-state index is 16.7. The summed E-state index contributed by atoms with van der Waals surface area (Å²) >= 11 is 0. The fourth-order valence-electron chi connectivity index (χ4n) is 5.54. The lowest BCUT2D eigenvalue weighted by Gasteiger charge is -2.32. The number of pyridine rings is 1. The normalized spacial score (nSPS) is 19.2. The number of ether oxygens (including phenoxy) is 2. The molecule has 4 heterocycles. The SMILES string of the molecule is CC(C)(C)OC(=O)N(c1ccc(F)c(C(=O)c2cn(C(=O)OC(C)(C)C)c3ncc(B4OC(C)(C)C(C)(C)O4)cc23)c1F)S(=O)(=O)N1CC[C@@H](F)C1. The Morgan fingerprint density at radius 2 is 1.60 bits per heavy atom. The molecule has 2 aliphatic heterocycles. The van der Waals surface area contributed by atoms with Crippen molar-refractivity contribution in [3.63, 3.8) is 0 Å². The van der Waals surface area contributed by atoms with Gasteiger partial charge in [-0.3, -0.25) is 4.79 Å². The molecule has 0 N–H and O–H groups in total. The van der Waals surface area contributed by atoms with E-state index in [2.05, 4.69) is 4.98 Å². The van der Waals surface area contributed by atoms with Crippen LogP contribution in [0.3, 0.4) is 0 Å². The topological polar surface area (TPSA) is 147 Å². The van der Waals surface area contributed by atoms with Crippen LogP contribution in [0.4, 0.5) is 28.4 Å². The van der Waals surface area contributed by atoms with Crippen LogP contribution >= 0.6 is 0 Å². The van der Waals surface area contributed by atoms with Gasteiger partial charge in [0, 0.05) is 36.3 Å². The van der Waals surface area contributed by atoms with E-state index in [0.717, 1.165) is 10.8 Å². The van der Waals surface area contributed by atoms with Crippen LogP contribution in [0.15, 0.2) is 30.6 Å². The number of nitrogens with zero attached hydrogens (tertiary/aromatic N) is 4. The summed E-state index contributed by atoms with van der Waals surface area (Å²) in [5, 5.41) is -0.0463. The summed E-state index contributed by atoms with van der Waals surface area (Å²) in [4.78, 5) is 45.4. The largest absolute Gasteiger partial charge is 0.496 e. The predicted molar refractivity (Wildman–Crippen MR) is 186 cm³/mol. The lowest BCUT2D eigenvalue weighted by Crippen LogP contribution is -2.48. The Labute approximate surface area is 300 Å². The number of benzene rings is 1. The van der Waals surface area contributed by atoms with Crippen molar-refractivity contribution in [2.24, 2.45) is 0 Å². The van der Waals surface area contributed by atoms with Crippen LogP contribution in [-0.4, -0.2) is 89.0 Å². The van der Waals surface area contributed by atoms with Gasteiger partial charge < -0.3 is 18.8 Å². The lowest BCUT2D eigenvalue weighted by atomic mass is 9.79. The summed E-state index contributed by atoms with van der Waals surface area (Å²) in [5.41, 5.74) is -6.31. The van der Waals surface area contributed by atoms with E-state index in [1.165, 1.54) is 33.0 Å². The molecule has 0 spiro atoms. The first kappa shape index (κ1) is 39.2. The highest BCUT2D eigenvalue weighted by atomic mass is 32.2. The van der Waals surface area contributed by atoms with E-state index < -0.39 is 98.9 Å². The monoisotopic (exact) mass is 750 g/mol. The highest BCUT2D eigenvalue weighted by Crippen LogP contribution is 2.37. The molecule has 18 heteroatoms. The summed E-state index contributed by atoms with van der Waals surface area (Å²) in [6.07, 6.45) is -1.89. The second kappa shape index (κ2) is 13.1. The Morgan fingerprint density at radius 1 is 1.00 bits per heavy atom. The molecule has 1 aromatic carbocycles. The van der Waals surface area contributed by atoms with E-state index in [1.54, 1.807) is 20.8 Å². The molecule has 13 nitrogen and oxygen atoms in total. The maximum absolute atomic E-state index is 16.7. The summed E-state index contributed by atoms with van der Waals surface area (Å²) < 4.78 is 98.5. The molecule has 0 bridgehead atoms. The third kappa shape index (κ3) is 7.43. The van der Waals surface area contributed by atoms with Crippen LogP contribution in [-0.2, 0) is 29.0 Å². The van der Waals surface area contributed by atoms with Crippen LogP contribution < -0.4 is 9.77 Å². The van der Waals surface area contributed by atoms with Crippen LogP contribution in [0.2, 0.25) is 0 Å². The number of halogens is 3. The first-order valence-corrected chi connectivity index (χ1v) is 17.9. The quantitative estimate of drug-likeness (QED) is 0.229. The number of amides is 1. The van der Waals surface area contributed by atoms with Crippen molar-refractivity contribution >= 4 is 57.5 Å². The molecule has 2 fully saturated rings. The molecule has 1 amide bonds. The number of hydrogen-bond donors (Lipinski definition) is 0. The molecular formula is C34H42BF3N4O9S. The average Bonchev–Trinajstić information content (AvgIpc) is 3.65. The number of anilines is 1. The zero-order valence-corrected chi connectivity index (χ0v) is 31.5. The van der Waals surface area contributed by atoms with E-state index in [-0.39, 0.29) is 28.3 Å². The summed E-state index contributed by atoms with van der Waals surface area (Å²) in [6.45, 7) is 15.5. The Balaban J connectivity index is 1.69. The van der Waals surface area contributed by atoms with Crippen molar-refractivity contribution < 1.29 is 54.8 Å². The number of ketones is 1. The fraction of sp³-hybridized carbons (Fsp3) is 0.529. The van der Waals surface area contributed by atoms with Gasteiger partial charge in [0.1, 0.15) is 34.5 Å². The zero-order chi connectivity index (χ0) is 38.9. The van der Waals surface area contributed by atoms with E-state index in [4.69, 9.17) is 18.8 Å². The molecule has 0 radical (unpaired) electrons. The first-order valence-electron chi connectivity index (χ1n) is 16.5. The van der Waals surface area contributed by atoms with Crippen molar-refractivity contribution in [3.8, 4) is 0 Å². The van der Waals surface area contributed by atoms with Crippen molar-refractivity contribution in [2.75, 3.05) is 17.4 Å². The third-order valence-corrected chi connectivity index (χ3v) is 10.5. The Hall–Kier alpha value is -4.00. The molecule has 5 rings (SSSR count). The Bertz CT molecular complexity index is 2040. The molecule has 282 valence electrons. The number of alkyl halides is 1. The number of rotatable bonds is 6. The standard InChI is InChI=1S/C34H42BF3N4O9S/c1-31(2,3)48-29(44)41-18-22(21-15-19(16-39-28(21)41)35-50-33(7,8)34(9,10)51-35)27(43)25-23(37)11-12-24(26(25)38)42(30(45)49-32(4,5)6)52(46,47)40-14-13-20(36)17-40/h11-12,15-16,18,20H,13-14,17H2,1-10H3/t20-/m1/s1. The van der Waals surface area contributed by atoms with E-state index in [1.807, 2.05) is 27.7 Å². The van der Waals surface area contributed by atoms with Crippen LogP contribution in [0.1, 0.15) is 91.6 Å². The molecule has 52 heavy (non-hydrogen) atoms. The van der Waals surface area contributed by atoms with Gasteiger partial charge in [0.25, 0.3) is 0 Å². The maximum Gasteiger partial charge on any atom is 0.496 e. The summed E-state index contributed by atoms with van der Waals surface area (Å²) in [7, 11) is -6.00. The van der Waals surface area contributed by atoms with E-state index in [0.29, 0.717) is 21.9 Å². The highest BCUT2D eigenvalue weighted by Gasteiger charge is 2.52. The molecule has 2 aromatic heterocycles. The number of fused-ring (bicyclic) bond motifs is 1. The minimum atomic E-state index is -5.02. The van der Waals surface area contributed by atoms with E-state index in [9.17, 15) is 27.2 Å². The summed E-state index contributed by atoms with van der Waals surface area (Å²) in [6, 6.07) is 2.70. The van der Waals surface area contributed by atoms with Crippen LogP contribution in [0.25, 0.3) is 11.0 Å². The third-order valence-electron chi connectivity index (χ3n) is 8.75. The molecule has 2 aliphatic rings. The Kier molecular flexibility index (Phi) is 9.91.